The van der Waals surface area contributed by atoms with Crippen LogP contribution in [0.2, 0.25) is 0 Å². The van der Waals surface area contributed by atoms with E-state index in [0.29, 0.717) is 0 Å². The Balaban J connectivity index is 2.17. The molecule has 3 aromatic rings. The van der Waals surface area contributed by atoms with Crippen molar-refractivity contribution in [1.29, 1.82) is 0 Å². The quantitative estimate of drug-likeness (QED) is 0.676. The highest BCUT2D eigenvalue weighted by atomic mass is 31.2. The van der Waals surface area contributed by atoms with Gasteiger partial charge in [0.15, 0.2) is 0 Å². The van der Waals surface area contributed by atoms with Gasteiger partial charge in [-0.25, -0.2) is 13.8 Å². The number of alkyl halides is 2. The normalized spacial score (nSPS) is 12.2. The molecule has 3 nitrogen and oxygen atoms in total. The SMILES string of the molecule is CCc1c[nH]c2ncc(-c3ccc(C(F)F)c(P(C)(C)=O)c3)cc12. The second-order valence-electron chi connectivity index (χ2n) is 6.21. The number of halogens is 2. The van der Waals surface area contributed by atoms with E-state index in [1.165, 1.54) is 19.4 Å². The van der Waals surface area contributed by atoms with Crippen LogP contribution in [0.4, 0.5) is 8.78 Å². The van der Waals surface area contributed by atoms with E-state index < -0.39 is 13.6 Å². The van der Waals surface area contributed by atoms with Gasteiger partial charge in [-0.1, -0.05) is 19.1 Å². The van der Waals surface area contributed by atoms with E-state index in [1.807, 2.05) is 12.3 Å². The van der Waals surface area contributed by atoms with E-state index in [9.17, 15) is 13.3 Å². The molecule has 0 aliphatic carbocycles. The van der Waals surface area contributed by atoms with Gasteiger partial charge in [0.05, 0.1) is 0 Å². The Morgan fingerprint density at radius 1 is 1.21 bits per heavy atom. The number of aromatic amines is 1. The number of nitrogens with zero attached hydrogens (tertiary/aromatic N) is 1. The first-order valence-electron chi connectivity index (χ1n) is 7.75. The second kappa shape index (κ2) is 6.14. The van der Waals surface area contributed by atoms with E-state index in [2.05, 4.69) is 16.9 Å². The molecule has 2 heterocycles. The van der Waals surface area contributed by atoms with Crippen molar-refractivity contribution < 1.29 is 13.3 Å². The van der Waals surface area contributed by atoms with E-state index >= 15 is 0 Å². The zero-order valence-corrected chi connectivity index (χ0v) is 14.7. The number of benzene rings is 1. The van der Waals surface area contributed by atoms with Crippen molar-refractivity contribution in [2.24, 2.45) is 0 Å². The predicted molar refractivity (Wildman–Crippen MR) is 95.0 cm³/mol. The summed E-state index contributed by atoms with van der Waals surface area (Å²) in [6.45, 7) is 5.09. The molecular weight excluding hydrogens is 329 g/mol. The number of aromatic nitrogens is 2. The molecule has 1 N–H and O–H groups in total. The number of nitrogens with one attached hydrogen (secondary N) is 1. The van der Waals surface area contributed by atoms with Gasteiger partial charge in [-0.3, -0.25) is 0 Å². The summed E-state index contributed by atoms with van der Waals surface area (Å²) >= 11 is 0. The molecule has 1 aromatic carbocycles. The summed E-state index contributed by atoms with van der Waals surface area (Å²) in [6.07, 6.45) is 1.87. The molecule has 6 heteroatoms. The van der Waals surface area contributed by atoms with Crippen LogP contribution in [0, 0.1) is 0 Å². The topological polar surface area (TPSA) is 45.8 Å². The first-order valence-corrected chi connectivity index (χ1v) is 10.4. The number of aryl methyl sites for hydroxylation is 1. The zero-order chi connectivity index (χ0) is 17.5. The molecule has 0 unspecified atom stereocenters. The maximum Gasteiger partial charge on any atom is 0.264 e. The molecular formula is C18H19F2N2OP. The molecule has 0 atom stereocenters. The molecule has 0 saturated heterocycles. The summed E-state index contributed by atoms with van der Waals surface area (Å²) in [4.78, 5) is 7.53. The van der Waals surface area contributed by atoms with Crippen molar-refractivity contribution in [3.05, 3.63) is 47.8 Å². The van der Waals surface area contributed by atoms with Crippen LogP contribution in [-0.4, -0.2) is 23.3 Å². The first-order chi connectivity index (χ1) is 11.3. The Kier molecular flexibility index (Phi) is 4.31. The third-order valence-corrected chi connectivity index (χ3v) is 5.72. The molecule has 0 amide bonds. The summed E-state index contributed by atoms with van der Waals surface area (Å²) in [7, 11) is -2.81. The first kappa shape index (κ1) is 16.8. The minimum absolute atomic E-state index is 0.156. The van der Waals surface area contributed by atoms with Crippen LogP contribution in [0.25, 0.3) is 22.2 Å². The fourth-order valence-electron chi connectivity index (χ4n) is 2.88. The van der Waals surface area contributed by atoms with Crippen molar-refractivity contribution in [3.8, 4) is 11.1 Å². The number of pyridine rings is 1. The molecule has 126 valence electrons. The van der Waals surface area contributed by atoms with Crippen molar-refractivity contribution in [2.75, 3.05) is 13.3 Å². The molecule has 0 radical (unpaired) electrons. The minimum atomic E-state index is -2.81. The lowest BCUT2D eigenvalue weighted by Gasteiger charge is -2.15. The second-order valence-corrected chi connectivity index (χ2v) is 9.40. The van der Waals surface area contributed by atoms with Gasteiger partial charge in [-0.2, -0.15) is 0 Å². The molecule has 0 saturated carbocycles. The summed E-state index contributed by atoms with van der Waals surface area (Å²) in [5.41, 5.74) is 3.37. The van der Waals surface area contributed by atoms with Crippen LogP contribution in [0.5, 0.6) is 0 Å². The zero-order valence-electron chi connectivity index (χ0n) is 13.8. The lowest BCUT2D eigenvalue weighted by atomic mass is 10.0. The van der Waals surface area contributed by atoms with Crippen molar-refractivity contribution >= 4 is 23.5 Å². The van der Waals surface area contributed by atoms with E-state index in [-0.39, 0.29) is 10.9 Å². The largest absolute Gasteiger partial charge is 0.346 e. The molecule has 0 fully saturated rings. The summed E-state index contributed by atoms with van der Waals surface area (Å²) in [6, 6.07) is 6.62. The van der Waals surface area contributed by atoms with Gasteiger partial charge in [0.25, 0.3) is 6.43 Å². The standard InChI is InChI=1S/C18H19F2N2OP/c1-4-11-9-21-18-15(11)7-13(10-22-18)12-5-6-14(17(19)20)16(8-12)24(2,3)23/h5-10,17H,4H2,1-3H3,(H,21,22). The molecule has 0 aliphatic rings. The van der Waals surface area contributed by atoms with E-state index in [1.54, 1.807) is 18.3 Å². The summed E-state index contributed by atoms with van der Waals surface area (Å²) in [5.74, 6) is 0. The minimum Gasteiger partial charge on any atom is -0.346 e. The van der Waals surface area contributed by atoms with Gasteiger partial charge in [0.1, 0.15) is 12.8 Å². The fraction of sp³-hybridized carbons (Fsp3) is 0.278. The van der Waals surface area contributed by atoms with E-state index in [4.69, 9.17) is 0 Å². The highest BCUT2D eigenvalue weighted by Gasteiger charge is 2.22. The highest BCUT2D eigenvalue weighted by molar-refractivity contribution is 7.70. The Hall–Kier alpha value is -2.00. The molecule has 2 aromatic heterocycles. The molecule has 24 heavy (non-hydrogen) atoms. The Bertz CT molecular complexity index is 943. The number of H-pyrrole nitrogens is 1. The Labute approximate surface area is 139 Å². The lowest BCUT2D eigenvalue weighted by molar-refractivity contribution is 0.152. The van der Waals surface area contributed by atoms with Gasteiger partial charge in [0, 0.05) is 34.2 Å². The molecule has 0 bridgehead atoms. The maximum atomic E-state index is 13.2. The molecule has 0 spiro atoms. The Morgan fingerprint density at radius 2 is 1.96 bits per heavy atom. The predicted octanol–water partition coefficient (Wildman–Crippen LogP) is 4.98. The highest BCUT2D eigenvalue weighted by Crippen LogP contribution is 2.40. The smallest absolute Gasteiger partial charge is 0.264 e. The van der Waals surface area contributed by atoms with Crippen molar-refractivity contribution in [3.63, 3.8) is 0 Å². The average molecular weight is 348 g/mol. The number of rotatable bonds is 4. The maximum absolute atomic E-state index is 13.2. The number of hydrogen-bond donors (Lipinski definition) is 1. The van der Waals surface area contributed by atoms with Gasteiger partial charge in [-0.05, 0) is 43.0 Å². The van der Waals surface area contributed by atoms with Gasteiger partial charge in [0.2, 0.25) is 0 Å². The van der Waals surface area contributed by atoms with E-state index in [0.717, 1.165) is 34.1 Å². The van der Waals surface area contributed by atoms with Crippen LogP contribution >= 0.6 is 7.14 Å². The third-order valence-electron chi connectivity index (χ3n) is 4.18. The average Bonchev–Trinajstić information content (AvgIpc) is 2.95. The van der Waals surface area contributed by atoms with Crippen LogP contribution in [0.3, 0.4) is 0 Å². The van der Waals surface area contributed by atoms with Crippen molar-refractivity contribution in [1.82, 2.24) is 9.97 Å². The molecule has 0 aliphatic heterocycles. The monoisotopic (exact) mass is 348 g/mol. The number of fused-ring (bicyclic) bond motifs is 1. The molecule has 3 rings (SSSR count). The van der Waals surface area contributed by atoms with Gasteiger partial charge >= 0.3 is 0 Å². The third kappa shape index (κ3) is 3.01. The van der Waals surface area contributed by atoms with Crippen LogP contribution in [0.1, 0.15) is 24.5 Å². The fourth-order valence-corrected chi connectivity index (χ4v) is 4.13. The summed E-state index contributed by atoms with van der Waals surface area (Å²) < 4.78 is 38.9. The lowest BCUT2D eigenvalue weighted by Crippen LogP contribution is -2.11. The number of hydrogen-bond acceptors (Lipinski definition) is 2. The van der Waals surface area contributed by atoms with Gasteiger partial charge in [-0.15, -0.1) is 0 Å². The van der Waals surface area contributed by atoms with Crippen LogP contribution < -0.4 is 5.30 Å². The Morgan fingerprint density at radius 3 is 2.58 bits per heavy atom. The van der Waals surface area contributed by atoms with Crippen molar-refractivity contribution in [2.45, 2.75) is 19.8 Å². The van der Waals surface area contributed by atoms with Crippen LogP contribution in [0.15, 0.2) is 36.7 Å². The van der Waals surface area contributed by atoms with Crippen LogP contribution in [-0.2, 0) is 11.0 Å². The summed E-state index contributed by atoms with van der Waals surface area (Å²) in [5, 5.41) is 1.26. The van der Waals surface area contributed by atoms with Gasteiger partial charge < -0.3 is 9.55 Å².